The van der Waals surface area contributed by atoms with E-state index in [2.05, 4.69) is 0 Å². The van der Waals surface area contributed by atoms with Crippen molar-refractivity contribution in [3.63, 3.8) is 0 Å². The van der Waals surface area contributed by atoms with Gasteiger partial charge in [-0.3, -0.25) is 0 Å². The third kappa shape index (κ3) is 5.55. The lowest BCUT2D eigenvalue weighted by Crippen LogP contribution is -1.97. The van der Waals surface area contributed by atoms with Crippen LogP contribution in [-0.4, -0.2) is 153 Å². The van der Waals surface area contributed by atoms with E-state index in [4.69, 9.17) is 4.42 Å². The molecule has 0 bridgehead atoms. The molecule has 0 saturated heterocycles. The molecule has 0 aliphatic rings. The second kappa shape index (κ2) is 15.5. The molecule has 0 atom stereocenters. The summed E-state index contributed by atoms with van der Waals surface area (Å²) in [6.45, 7) is 0. The van der Waals surface area contributed by atoms with Crippen molar-refractivity contribution >= 4 is 75.8 Å². The quantitative estimate of drug-likeness (QED) is 0.0448. The summed E-state index contributed by atoms with van der Waals surface area (Å²) in [6, 6.07) is 0. The summed E-state index contributed by atoms with van der Waals surface area (Å²) in [4.78, 5) is 0. The molecule has 81 heavy (non-hydrogen) atoms. The monoisotopic (exact) mass is 1130 g/mol. The highest BCUT2D eigenvalue weighted by atomic mass is 16.4. The largest absolute Gasteiger partial charge is 0.506 e. The summed E-state index contributed by atoms with van der Waals surface area (Å²) in [6.07, 6.45) is 0. The maximum Gasteiger partial charge on any atom is 0.205 e. The molecular formula is C50H30O31. The van der Waals surface area contributed by atoms with Crippen LogP contribution in [0.4, 0.5) is 0 Å². The van der Waals surface area contributed by atoms with Crippen molar-refractivity contribution in [3.05, 3.63) is 0 Å². The van der Waals surface area contributed by atoms with Gasteiger partial charge in [-0.2, -0.15) is 0 Å². The van der Waals surface area contributed by atoms with Gasteiger partial charge in [-0.25, -0.2) is 0 Å². The second-order valence-corrected chi connectivity index (χ2v) is 18.0. The molecule has 11 rings (SSSR count). The smallest absolute Gasteiger partial charge is 0.205 e. The Bertz CT molecular complexity index is 4840. The minimum Gasteiger partial charge on any atom is -0.506 e. The lowest BCUT2D eigenvalue weighted by Gasteiger charge is -2.25. The van der Waals surface area contributed by atoms with Gasteiger partial charge in [0.15, 0.2) is 103 Å². The number of hydrogen-bond acceptors (Lipinski definition) is 31. The van der Waals surface area contributed by atoms with E-state index in [1.165, 1.54) is 0 Å². The molecule has 0 spiro atoms. The van der Waals surface area contributed by atoms with Crippen LogP contribution in [0, 0.1) is 0 Å². The first-order valence-electron chi connectivity index (χ1n) is 21.9. The summed E-state index contributed by atoms with van der Waals surface area (Å²) in [7, 11) is 0. The topological polar surface area (TPSA) is 620 Å². The average molecular weight is 1130 g/mol. The highest BCUT2D eigenvalue weighted by molar-refractivity contribution is 6.33. The molecule has 11 aromatic rings. The highest BCUT2D eigenvalue weighted by Gasteiger charge is 2.42. The van der Waals surface area contributed by atoms with Crippen molar-refractivity contribution in [2.45, 2.75) is 0 Å². The van der Waals surface area contributed by atoms with Crippen LogP contribution >= 0.6 is 0 Å². The van der Waals surface area contributed by atoms with Crippen molar-refractivity contribution in [2.75, 3.05) is 0 Å². The van der Waals surface area contributed by atoms with Crippen molar-refractivity contribution in [3.8, 4) is 206 Å². The molecule has 1 aromatic heterocycles. The molecule has 30 N–H and O–H groups in total. The van der Waals surface area contributed by atoms with E-state index in [9.17, 15) is 153 Å². The van der Waals surface area contributed by atoms with Crippen LogP contribution in [0.3, 0.4) is 0 Å². The molecule has 0 aliphatic heterocycles. The van der Waals surface area contributed by atoms with Gasteiger partial charge in [0.25, 0.3) is 0 Å². The van der Waals surface area contributed by atoms with E-state index in [1.807, 2.05) is 0 Å². The molecule has 0 fully saturated rings. The molecule has 416 valence electrons. The average Bonchev–Trinajstić information content (AvgIpc) is 3.95. The fourth-order valence-corrected chi connectivity index (χ4v) is 10.4. The fraction of sp³-hybridized carbons (Fsp3) is 0. The van der Waals surface area contributed by atoms with Crippen molar-refractivity contribution in [1.82, 2.24) is 0 Å². The zero-order valence-corrected chi connectivity index (χ0v) is 38.8. The van der Waals surface area contributed by atoms with Gasteiger partial charge in [-0.15, -0.1) is 0 Å². The lowest BCUT2D eigenvalue weighted by atomic mass is 9.81. The minimum absolute atomic E-state index is 1.07. The lowest BCUT2D eigenvalue weighted by molar-refractivity contribution is 0.349. The van der Waals surface area contributed by atoms with E-state index in [1.54, 1.807) is 0 Å². The Balaban J connectivity index is 1.38. The number of rotatable bonds is 3. The van der Waals surface area contributed by atoms with Gasteiger partial charge in [0, 0.05) is 43.4 Å². The molecule has 31 heteroatoms. The number of aromatic hydroxyl groups is 30. The van der Waals surface area contributed by atoms with Gasteiger partial charge >= 0.3 is 0 Å². The first-order valence-corrected chi connectivity index (χ1v) is 21.9. The van der Waals surface area contributed by atoms with Crippen LogP contribution in [0.25, 0.3) is 109 Å². The predicted molar refractivity (Wildman–Crippen MR) is 268 cm³/mol. The van der Waals surface area contributed by atoms with Crippen LogP contribution in [-0.2, 0) is 0 Å². The number of phenols is 30. The summed E-state index contributed by atoms with van der Waals surface area (Å²) >= 11 is 0. The highest BCUT2D eigenvalue weighted by Crippen LogP contribution is 2.71. The number of benzene rings is 10. The number of furan rings is 1. The van der Waals surface area contributed by atoms with Crippen LogP contribution in [0.5, 0.6) is 172 Å². The predicted octanol–water partition coefficient (Wildman–Crippen LogP) is 5.52. The second-order valence-electron chi connectivity index (χ2n) is 18.0. The molecule has 0 unspecified atom stereocenters. The zero-order chi connectivity index (χ0) is 59.6. The summed E-state index contributed by atoms with van der Waals surface area (Å²) in [5.74, 6) is -50.9. The minimum atomic E-state index is -1.97. The van der Waals surface area contributed by atoms with Crippen molar-refractivity contribution in [2.24, 2.45) is 0 Å². The van der Waals surface area contributed by atoms with Gasteiger partial charge in [0.2, 0.25) is 57.5 Å². The van der Waals surface area contributed by atoms with Crippen LogP contribution < -0.4 is 0 Å². The molecule has 0 amide bonds. The molecule has 0 saturated carbocycles. The van der Waals surface area contributed by atoms with Crippen LogP contribution in [0.2, 0.25) is 0 Å². The number of fused-ring (bicyclic) bond motifs is 9. The standard InChI is InChI=1S/C50H30O31/c51-19-7-8-12(33(65)45(77)44(76)27(8)59)30(62)28(60)11(7)29(61)31(63)13(19)14-20(52)9(32(64)39(71)34(14)66)1-3-5(25(57)42(74)40(72)23(3)55)2(6-4(1)24(56)41(73)43(75)26(6)58)10-21(53)18-17-22(54)15-16(36(68)47(79)46(78)35(15)67)38(70)49(17)81-50(18)48(80)37(10)69/h51-80H. The normalized spacial score (nSPS) is 12.0. The number of hydrogen-bond donors (Lipinski definition) is 30. The molecule has 0 radical (unpaired) electrons. The van der Waals surface area contributed by atoms with Gasteiger partial charge in [-0.1, -0.05) is 0 Å². The summed E-state index contributed by atoms with van der Waals surface area (Å²) in [5, 5.41) is 324. The van der Waals surface area contributed by atoms with E-state index in [0.29, 0.717) is 0 Å². The Hall–Kier alpha value is -12.7. The fourth-order valence-electron chi connectivity index (χ4n) is 10.4. The van der Waals surface area contributed by atoms with Crippen molar-refractivity contribution in [1.29, 1.82) is 0 Å². The van der Waals surface area contributed by atoms with Gasteiger partial charge in [0.05, 0.1) is 54.6 Å². The molecule has 10 aromatic carbocycles. The SMILES string of the molecule is Oc1c(O)c(-c2c(O)c(O)c3c(O)c(O)c4c(O)c(O)c(O)c(O)c4c3c2O)c(O)c(-c2c3c(O)c(O)c(O)c(O)c3c(-c3c(O)c(O)c4oc5c(O)c6c(O)c(O)c(O)c(O)c6c(O)c5c4c3O)c3c(O)c(O)c(O)c(O)c23)c1O. The van der Waals surface area contributed by atoms with E-state index in [0.717, 1.165) is 0 Å². The molecule has 31 nitrogen and oxygen atoms in total. The maximum atomic E-state index is 12.4. The Kier molecular flexibility index (Phi) is 9.63. The van der Waals surface area contributed by atoms with Gasteiger partial charge < -0.3 is 158 Å². The first kappa shape index (κ1) is 50.5. The van der Waals surface area contributed by atoms with Crippen LogP contribution in [0.15, 0.2) is 4.42 Å². The van der Waals surface area contributed by atoms with E-state index in [-0.39, 0.29) is 0 Å². The number of phenolic OH excluding ortho intramolecular Hbond substituents is 30. The summed E-state index contributed by atoms with van der Waals surface area (Å²) < 4.78 is 5.46. The Morgan fingerprint density at radius 2 is 0.309 bits per heavy atom. The van der Waals surface area contributed by atoms with Gasteiger partial charge in [0.1, 0.15) is 23.0 Å². The molecular weight excluding hydrogens is 1100 g/mol. The Morgan fingerprint density at radius 3 is 0.704 bits per heavy atom. The summed E-state index contributed by atoms with van der Waals surface area (Å²) in [5.41, 5.74) is -11.9. The Morgan fingerprint density at radius 1 is 0.111 bits per heavy atom. The van der Waals surface area contributed by atoms with E-state index < -0.39 is 282 Å². The first-order chi connectivity index (χ1) is 37.8. The van der Waals surface area contributed by atoms with Crippen molar-refractivity contribution < 1.29 is 158 Å². The molecule has 0 aliphatic carbocycles. The van der Waals surface area contributed by atoms with E-state index >= 15 is 0 Å². The van der Waals surface area contributed by atoms with Gasteiger partial charge in [-0.05, 0) is 0 Å². The molecule has 1 heterocycles. The third-order valence-electron chi connectivity index (χ3n) is 14.1. The zero-order valence-electron chi connectivity index (χ0n) is 38.8. The third-order valence-corrected chi connectivity index (χ3v) is 14.1. The van der Waals surface area contributed by atoms with Crippen LogP contribution in [0.1, 0.15) is 0 Å². The maximum absolute atomic E-state index is 12.4. The Labute approximate surface area is 438 Å².